The van der Waals surface area contributed by atoms with Gasteiger partial charge in [-0.25, -0.2) is 18.3 Å². The number of nitrogens with zero attached hydrogens (tertiary/aromatic N) is 2. The Morgan fingerprint density at radius 2 is 1.79 bits per heavy atom. The van der Waals surface area contributed by atoms with E-state index in [1.54, 1.807) is 12.1 Å². The van der Waals surface area contributed by atoms with Crippen LogP contribution in [0.4, 0.5) is 10.1 Å². The highest BCUT2D eigenvalue weighted by Crippen LogP contribution is 2.27. The second-order valence-corrected chi connectivity index (χ2v) is 9.71. The van der Waals surface area contributed by atoms with Gasteiger partial charge in [-0.3, -0.25) is 0 Å². The van der Waals surface area contributed by atoms with Gasteiger partial charge >= 0.3 is 0 Å². The van der Waals surface area contributed by atoms with E-state index in [1.165, 1.54) is 16.4 Å². The van der Waals surface area contributed by atoms with Crippen LogP contribution in [0.1, 0.15) is 33.6 Å². The first-order valence-corrected chi connectivity index (χ1v) is 11.1. The molecule has 0 radical (unpaired) electrons. The Labute approximate surface area is 167 Å². The highest BCUT2D eigenvalue weighted by atomic mass is 32.2. The average molecular weight is 412 g/mol. The van der Waals surface area contributed by atoms with Crippen LogP contribution >= 0.6 is 0 Å². The normalized spacial score (nSPS) is 17.1. The number of rotatable bonds is 7. The molecule has 1 unspecified atom stereocenters. The number of halogens is 1. The molecule has 6 nitrogen and oxygen atoms in total. The molecule has 2 rings (SSSR count). The second kappa shape index (κ2) is 9.70. The number of piperazine rings is 1. The quantitative estimate of drug-likeness (QED) is 0.533. The molecule has 156 valence electrons. The maximum absolute atomic E-state index is 13.1. The van der Waals surface area contributed by atoms with E-state index in [1.807, 2.05) is 25.7 Å². The molecule has 1 aliphatic rings. The summed E-state index contributed by atoms with van der Waals surface area (Å²) in [5, 5.41) is 9.57. The number of sulfonamides is 1. The molecule has 0 saturated carbocycles. The zero-order valence-electron chi connectivity index (χ0n) is 16.8. The standard InChI is InChI=1S/C20H30FN3O3S/c1-4-5-6-11-20(2,3)19(22-25)16-28(26,27)24-14-12-23(13-15-24)18-9-7-17(21)8-10-18/h7-10,19,22,25H,4,11-16H2,1-3H3. The largest absolute Gasteiger partial charge is 0.369 e. The minimum absolute atomic E-state index is 0.194. The van der Waals surface area contributed by atoms with E-state index in [0.29, 0.717) is 32.6 Å². The fraction of sp³-hybridized carbons (Fsp3) is 0.600. The van der Waals surface area contributed by atoms with Crippen LogP contribution < -0.4 is 10.4 Å². The topological polar surface area (TPSA) is 72.9 Å². The van der Waals surface area contributed by atoms with Crippen LogP contribution in [0.3, 0.4) is 0 Å². The molecule has 8 heteroatoms. The van der Waals surface area contributed by atoms with Crippen LogP contribution in [0.2, 0.25) is 0 Å². The van der Waals surface area contributed by atoms with Crippen molar-refractivity contribution < 1.29 is 18.0 Å². The molecule has 0 bridgehead atoms. The molecule has 2 N–H and O–H groups in total. The van der Waals surface area contributed by atoms with Gasteiger partial charge in [0.25, 0.3) is 0 Å². The van der Waals surface area contributed by atoms with E-state index in [0.717, 1.165) is 12.1 Å². The number of hydroxylamine groups is 1. The molecule has 0 amide bonds. The van der Waals surface area contributed by atoms with E-state index in [-0.39, 0.29) is 11.6 Å². The van der Waals surface area contributed by atoms with Gasteiger partial charge in [0.15, 0.2) is 0 Å². The van der Waals surface area contributed by atoms with E-state index in [2.05, 4.69) is 17.3 Å². The van der Waals surface area contributed by atoms with Crippen molar-refractivity contribution in [2.45, 2.75) is 39.7 Å². The first-order valence-electron chi connectivity index (χ1n) is 9.53. The van der Waals surface area contributed by atoms with Gasteiger partial charge in [0.05, 0.1) is 11.8 Å². The van der Waals surface area contributed by atoms with E-state index >= 15 is 0 Å². The van der Waals surface area contributed by atoms with Crippen LogP contribution in [0, 0.1) is 23.1 Å². The molecule has 1 fully saturated rings. The average Bonchev–Trinajstić information content (AvgIpc) is 2.67. The lowest BCUT2D eigenvalue weighted by atomic mass is 9.82. The summed E-state index contributed by atoms with van der Waals surface area (Å²) in [5.74, 6) is 5.54. The highest BCUT2D eigenvalue weighted by Gasteiger charge is 2.36. The zero-order chi connectivity index (χ0) is 20.8. The lowest BCUT2D eigenvalue weighted by Crippen LogP contribution is -2.53. The minimum Gasteiger partial charge on any atom is -0.369 e. The molecule has 28 heavy (non-hydrogen) atoms. The summed E-state index contributed by atoms with van der Waals surface area (Å²) < 4.78 is 40.3. The Morgan fingerprint density at radius 1 is 1.18 bits per heavy atom. The monoisotopic (exact) mass is 411 g/mol. The summed E-state index contributed by atoms with van der Waals surface area (Å²) in [6.45, 7) is 7.53. The van der Waals surface area contributed by atoms with Gasteiger partial charge in [-0.15, -0.1) is 11.8 Å². The van der Waals surface area contributed by atoms with Crippen molar-refractivity contribution >= 4 is 15.7 Å². The molecule has 1 heterocycles. The van der Waals surface area contributed by atoms with Crippen molar-refractivity contribution in [3.63, 3.8) is 0 Å². The SMILES string of the molecule is CCC#CCC(C)(C)C(CS(=O)(=O)N1CCN(c2ccc(F)cc2)CC1)NO. The van der Waals surface area contributed by atoms with Gasteiger partial charge in [0.2, 0.25) is 10.0 Å². The van der Waals surface area contributed by atoms with Crippen LogP contribution in [-0.2, 0) is 10.0 Å². The van der Waals surface area contributed by atoms with E-state index in [9.17, 15) is 18.0 Å². The van der Waals surface area contributed by atoms with Crippen molar-refractivity contribution in [2.24, 2.45) is 5.41 Å². The third-order valence-corrected chi connectivity index (χ3v) is 7.05. The maximum atomic E-state index is 13.1. The van der Waals surface area contributed by atoms with Crippen LogP contribution in [-0.4, -0.2) is 55.9 Å². The van der Waals surface area contributed by atoms with Crippen molar-refractivity contribution in [2.75, 3.05) is 36.8 Å². The fourth-order valence-corrected chi connectivity index (χ4v) is 5.05. The van der Waals surface area contributed by atoms with Gasteiger partial charge < -0.3 is 10.1 Å². The minimum atomic E-state index is -3.54. The lowest BCUT2D eigenvalue weighted by molar-refractivity contribution is 0.0765. The van der Waals surface area contributed by atoms with Gasteiger partial charge in [0.1, 0.15) is 5.82 Å². The maximum Gasteiger partial charge on any atom is 0.215 e. The molecule has 1 saturated heterocycles. The highest BCUT2D eigenvalue weighted by molar-refractivity contribution is 7.89. The second-order valence-electron chi connectivity index (χ2n) is 7.70. The molecular weight excluding hydrogens is 381 g/mol. The number of anilines is 1. The van der Waals surface area contributed by atoms with E-state index in [4.69, 9.17) is 0 Å². The first kappa shape index (κ1) is 22.6. The molecule has 0 spiro atoms. The summed E-state index contributed by atoms with van der Waals surface area (Å²) in [7, 11) is -3.54. The Balaban J connectivity index is 1.99. The van der Waals surface area contributed by atoms with Gasteiger partial charge in [-0.1, -0.05) is 20.8 Å². The first-order chi connectivity index (χ1) is 13.2. The molecular formula is C20H30FN3O3S. The number of benzene rings is 1. The van der Waals surface area contributed by atoms with Crippen molar-refractivity contribution in [3.8, 4) is 11.8 Å². The Bertz CT molecular complexity index is 792. The smallest absolute Gasteiger partial charge is 0.215 e. The van der Waals surface area contributed by atoms with Gasteiger partial charge in [-0.2, -0.15) is 4.31 Å². The summed E-state index contributed by atoms with van der Waals surface area (Å²) >= 11 is 0. The predicted molar refractivity (Wildman–Crippen MR) is 109 cm³/mol. The number of nitrogens with one attached hydrogen (secondary N) is 1. The third-order valence-electron chi connectivity index (χ3n) is 5.15. The molecule has 1 aromatic carbocycles. The Morgan fingerprint density at radius 3 is 2.32 bits per heavy atom. The van der Waals surface area contributed by atoms with E-state index < -0.39 is 21.5 Å². The zero-order valence-corrected chi connectivity index (χ0v) is 17.6. The summed E-state index contributed by atoms with van der Waals surface area (Å²) in [6.07, 6.45) is 1.23. The molecule has 1 aliphatic heterocycles. The summed E-state index contributed by atoms with van der Waals surface area (Å²) in [6, 6.07) is 5.58. The van der Waals surface area contributed by atoms with Gasteiger partial charge in [0, 0.05) is 44.7 Å². The van der Waals surface area contributed by atoms with Crippen LogP contribution in [0.5, 0.6) is 0 Å². The van der Waals surface area contributed by atoms with Crippen molar-refractivity contribution in [1.29, 1.82) is 0 Å². The summed E-state index contributed by atoms with van der Waals surface area (Å²) in [5.41, 5.74) is 2.56. The Kier molecular flexibility index (Phi) is 7.84. The molecule has 1 aromatic rings. The molecule has 1 atom stereocenters. The summed E-state index contributed by atoms with van der Waals surface area (Å²) in [4.78, 5) is 2.04. The van der Waals surface area contributed by atoms with Crippen LogP contribution in [0.15, 0.2) is 24.3 Å². The molecule has 0 aliphatic carbocycles. The van der Waals surface area contributed by atoms with Crippen LogP contribution in [0.25, 0.3) is 0 Å². The van der Waals surface area contributed by atoms with Gasteiger partial charge in [-0.05, 0) is 29.7 Å². The predicted octanol–water partition coefficient (Wildman–Crippen LogP) is 2.45. The number of hydrogen-bond donors (Lipinski definition) is 2. The fourth-order valence-electron chi connectivity index (χ4n) is 3.17. The van der Waals surface area contributed by atoms with Crippen molar-refractivity contribution in [1.82, 2.24) is 9.79 Å². The van der Waals surface area contributed by atoms with Crippen molar-refractivity contribution in [3.05, 3.63) is 30.1 Å². The molecule has 0 aromatic heterocycles. The Hall–Kier alpha value is -1.66. The third kappa shape index (κ3) is 5.92. The number of hydrogen-bond acceptors (Lipinski definition) is 5. The lowest BCUT2D eigenvalue weighted by Gasteiger charge is -2.37.